The van der Waals surface area contributed by atoms with Crippen LogP contribution in [-0.4, -0.2) is 153 Å². The molecule has 12 N–H and O–H groups in total. The second kappa shape index (κ2) is 21.1. The van der Waals surface area contributed by atoms with E-state index in [0.29, 0.717) is 0 Å². The molecule has 2 aliphatic heterocycles. The van der Waals surface area contributed by atoms with Crippen LogP contribution in [0.3, 0.4) is 0 Å². The van der Waals surface area contributed by atoms with Gasteiger partial charge in [-0.2, -0.15) is 0 Å². The van der Waals surface area contributed by atoms with Gasteiger partial charge in [-0.1, -0.05) is 0 Å². The SMILES string of the molecule is O.OC[C@H]1O[C@@](CO)(O[C@H]2O[C@H](CO)[C@@H](O)[C@H](O)[C@H]2O)[C@@H](O)[C@@H]1O.[H-].[H-].[H-].[K+].[Mg+2].[O-][Cl+2]([O-])O.[O-][Cl+2]([O-])O. The Hall–Kier alpha value is 2.26. The van der Waals surface area contributed by atoms with E-state index in [2.05, 4.69) is 0 Å². The van der Waals surface area contributed by atoms with Gasteiger partial charge in [0.1, 0.15) is 49.3 Å². The third kappa shape index (κ3) is 13.4. The first-order chi connectivity index (χ1) is 14.3. The average molecular weight is 596 g/mol. The summed E-state index contributed by atoms with van der Waals surface area (Å²) < 4.78 is 63.4. The fourth-order valence-corrected chi connectivity index (χ4v) is 2.63. The van der Waals surface area contributed by atoms with Crippen molar-refractivity contribution in [2.45, 2.75) is 54.8 Å². The summed E-state index contributed by atoms with van der Waals surface area (Å²) in [6.45, 7) is -2.32. The molecule has 0 aliphatic carbocycles. The Morgan fingerprint density at radius 3 is 1.53 bits per heavy atom. The van der Waals surface area contributed by atoms with Gasteiger partial charge in [0, 0.05) is 9.32 Å². The Balaban J connectivity index is -0.000000114. The number of hydrogen-bond acceptors (Lipinski definition) is 17. The van der Waals surface area contributed by atoms with Crippen LogP contribution in [0.2, 0.25) is 0 Å². The molecule has 0 saturated carbocycles. The molecule has 0 radical (unpaired) electrons. The van der Waals surface area contributed by atoms with Crippen LogP contribution in [0.25, 0.3) is 0 Å². The van der Waals surface area contributed by atoms with Crippen LogP contribution in [0.4, 0.5) is 0 Å². The Bertz CT molecular complexity index is 503. The van der Waals surface area contributed by atoms with E-state index in [1.165, 1.54) is 0 Å². The van der Waals surface area contributed by atoms with Crippen LogP contribution in [0, 0.1) is 21.6 Å². The zero-order valence-corrected chi connectivity index (χ0v) is 23.6. The minimum atomic E-state index is -2.60. The fraction of sp³-hybridized carbons (Fsp3) is 1.00. The Morgan fingerprint density at radius 2 is 1.21 bits per heavy atom. The van der Waals surface area contributed by atoms with Gasteiger partial charge in [-0.25, -0.2) is 0 Å². The first kappa shape index (κ1) is 43.3. The van der Waals surface area contributed by atoms with Gasteiger partial charge in [0.2, 0.25) is 5.79 Å². The molecule has 0 aromatic heterocycles. The first-order valence-electron chi connectivity index (χ1n) is 8.00. The molecule has 2 aliphatic rings. The van der Waals surface area contributed by atoms with Crippen LogP contribution >= 0.6 is 0 Å². The summed E-state index contributed by atoms with van der Waals surface area (Å²) in [4.78, 5) is 0. The van der Waals surface area contributed by atoms with Crippen molar-refractivity contribution in [3.8, 4) is 0 Å². The predicted octanol–water partition coefficient (Wildman–Crippen LogP) is -15.1. The van der Waals surface area contributed by atoms with Crippen LogP contribution < -0.4 is 70.0 Å². The minimum absolute atomic E-state index is 0. The van der Waals surface area contributed by atoms with Crippen molar-refractivity contribution >= 4 is 23.1 Å². The van der Waals surface area contributed by atoms with E-state index in [0.717, 1.165) is 0 Å². The van der Waals surface area contributed by atoms with Gasteiger partial charge in [0.05, 0.1) is 13.2 Å². The Morgan fingerprint density at radius 1 is 0.794 bits per heavy atom. The van der Waals surface area contributed by atoms with Crippen LogP contribution in [-0.2, 0) is 14.2 Å². The molecule has 0 bridgehead atoms. The van der Waals surface area contributed by atoms with E-state index < -0.39 is 96.2 Å². The normalized spacial score (nSPS) is 36.7. The van der Waals surface area contributed by atoms with Crippen molar-refractivity contribution in [2.75, 3.05) is 19.8 Å². The molecule has 34 heavy (non-hydrogen) atoms. The van der Waals surface area contributed by atoms with Crippen molar-refractivity contribution < 1.29 is 166 Å². The van der Waals surface area contributed by atoms with E-state index in [4.69, 9.17) is 52.4 Å². The van der Waals surface area contributed by atoms with Crippen molar-refractivity contribution in [3.63, 3.8) is 0 Å². The van der Waals surface area contributed by atoms with E-state index >= 15 is 0 Å². The van der Waals surface area contributed by atoms with Crippen LogP contribution in [0.15, 0.2) is 0 Å². The van der Waals surface area contributed by atoms with Crippen molar-refractivity contribution in [1.29, 1.82) is 0 Å². The molecule has 202 valence electrons. The molecular formula is C12H29Cl2KMgO18. The summed E-state index contributed by atoms with van der Waals surface area (Å²) in [7, 11) is -5.20. The van der Waals surface area contributed by atoms with Crippen LogP contribution in [0.1, 0.15) is 4.28 Å². The number of aliphatic hydroxyl groups is 8. The molecule has 22 heteroatoms. The quantitative estimate of drug-likeness (QED) is 0.132. The molecule has 2 fully saturated rings. The first-order valence-corrected chi connectivity index (χ1v) is 9.92. The third-order valence-electron chi connectivity index (χ3n) is 4.07. The van der Waals surface area contributed by atoms with E-state index in [1.54, 1.807) is 0 Å². The predicted molar refractivity (Wildman–Crippen MR) is 85.8 cm³/mol. The molecule has 0 amide bonds. The third-order valence-corrected chi connectivity index (χ3v) is 4.07. The molecule has 2 heterocycles. The van der Waals surface area contributed by atoms with Crippen molar-refractivity contribution in [3.05, 3.63) is 0 Å². The Labute approximate surface area is 261 Å². The molecule has 0 spiro atoms. The molecule has 2 saturated heterocycles. The van der Waals surface area contributed by atoms with Gasteiger partial charge in [-0.15, -0.1) is 0 Å². The van der Waals surface area contributed by atoms with Crippen molar-refractivity contribution in [2.24, 2.45) is 0 Å². The largest absolute Gasteiger partial charge is 2.00 e. The zero-order valence-electron chi connectivity index (χ0n) is 20.5. The van der Waals surface area contributed by atoms with E-state index in [1.807, 2.05) is 0 Å². The molecular weight excluding hydrogens is 566 g/mol. The van der Waals surface area contributed by atoms with E-state index in [9.17, 15) is 30.6 Å². The van der Waals surface area contributed by atoms with Gasteiger partial charge in [-0.3, -0.25) is 0 Å². The summed E-state index contributed by atoms with van der Waals surface area (Å²) in [5.74, 6) is -2.22. The minimum Gasteiger partial charge on any atom is -1.00 e. The number of ether oxygens (including phenoxy) is 3. The van der Waals surface area contributed by atoms with Gasteiger partial charge in [0.25, 0.3) is 21.6 Å². The monoisotopic (exact) mass is 594 g/mol. The number of aliphatic hydroxyl groups excluding tert-OH is 8. The maximum Gasteiger partial charge on any atom is 2.00 e. The fourth-order valence-electron chi connectivity index (χ4n) is 2.63. The zero-order chi connectivity index (χ0) is 24.5. The van der Waals surface area contributed by atoms with Gasteiger partial charge in [0.15, 0.2) is 6.29 Å². The smallest absolute Gasteiger partial charge is 1.00 e. The Kier molecular flexibility index (Phi) is 26.9. The van der Waals surface area contributed by atoms with Gasteiger partial charge >= 0.3 is 74.4 Å². The molecule has 0 aromatic rings. The molecule has 0 aromatic carbocycles. The number of halogens is 2. The summed E-state index contributed by atoms with van der Waals surface area (Å²) in [5, 5.41) is 76.7. The molecule has 0 unspecified atom stereocenters. The van der Waals surface area contributed by atoms with Crippen LogP contribution in [0.5, 0.6) is 0 Å². The van der Waals surface area contributed by atoms with Gasteiger partial charge < -0.3 is 83.5 Å². The van der Waals surface area contributed by atoms with Gasteiger partial charge in [-0.05, 0) is 0 Å². The maximum absolute atomic E-state index is 10.00. The summed E-state index contributed by atoms with van der Waals surface area (Å²) in [5.41, 5.74) is 0. The summed E-state index contributed by atoms with van der Waals surface area (Å²) in [6, 6.07) is 0. The number of rotatable bonds is 5. The maximum atomic E-state index is 10.00. The number of hydrogen-bond donors (Lipinski definition) is 10. The van der Waals surface area contributed by atoms with E-state index in [-0.39, 0.29) is 84.2 Å². The topological polar surface area (TPSA) is 354 Å². The second-order valence-electron chi connectivity index (χ2n) is 5.96. The van der Waals surface area contributed by atoms with Crippen molar-refractivity contribution in [1.82, 2.24) is 0 Å². The summed E-state index contributed by atoms with van der Waals surface area (Å²) in [6.07, 6.45) is -12.7. The average Bonchev–Trinajstić information content (AvgIpc) is 2.92. The molecule has 18 nitrogen and oxygen atoms in total. The summed E-state index contributed by atoms with van der Waals surface area (Å²) >= 11 is 0. The molecule has 2 rings (SSSR count). The standard InChI is InChI=1S/C12H22O11.2ClHO3.K.Mg.H2O.3H/c13-1-4-6(16)8(18)9(19)11(21-4)23-12(3-15)10(20)7(17)5(2-14)22-12;2*2-1(3)4;;;;;;/h4-11,13-20H,1-3H2;2*2H;;;1H2;;;/q;;;+1;+2;;3*-1/t4-,5-,6-,7-,8+,9-,10+,11-,12+;;;;;;;;/m1......../s1. The molecule has 9 atom stereocenters. The second-order valence-corrected chi connectivity index (χ2v) is 6.77.